The molecule has 0 spiro atoms. The van der Waals surface area contributed by atoms with Crippen molar-refractivity contribution in [2.75, 3.05) is 25.1 Å². The molecule has 0 saturated carbocycles. The number of pyridine rings is 1. The zero-order chi connectivity index (χ0) is 23.7. The summed E-state index contributed by atoms with van der Waals surface area (Å²) in [6.45, 7) is 1.88. The van der Waals surface area contributed by atoms with E-state index in [1.54, 1.807) is 30.8 Å². The van der Waals surface area contributed by atoms with Crippen molar-refractivity contribution >= 4 is 40.0 Å². The van der Waals surface area contributed by atoms with Gasteiger partial charge in [-0.3, -0.25) is 14.2 Å². The van der Waals surface area contributed by atoms with Gasteiger partial charge in [0.15, 0.2) is 0 Å². The number of halogens is 1. The predicted molar refractivity (Wildman–Crippen MR) is 131 cm³/mol. The number of hydrogen-bond acceptors (Lipinski definition) is 6. The highest BCUT2D eigenvalue weighted by Crippen LogP contribution is 2.28. The number of nitrogens with one attached hydrogen (secondary N) is 1. The van der Waals surface area contributed by atoms with Crippen molar-refractivity contribution in [3.05, 3.63) is 87.4 Å². The van der Waals surface area contributed by atoms with Crippen LogP contribution in [0.1, 0.15) is 29.0 Å². The molecule has 4 aromatic rings. The molecule has 0 fully saturated rings. The first-order valence-electron chi connectivity index (χ1n) is 10.3. The Kier molecular flexibility index (Phi) is 6.02. The highest BCUT2D eigenvalue weighted by atomic mass is 35.5. The van der Waals surface area contributed by atoms with E-state index in [1.165, 1.54) is 11.1 Å². The smallest absolute Gasteiger partial charge is 0.264 e. The van der Waals surface area contributed by atoms with Crippen LogP contribution in [-0.2, 0) is 0 Å². The number of aromatic nitrogens is 3. The van der Waals surface area contributed by atoms with Gasteiger partial charge in [-0.05, 0) is 36.6 Å². The second-order valence-corrected chi connectivity index (χ2v) is 8.21. The molecule has 2 aromatic carbocycles. The number of anilines is 2. The SMILES string of the molecule is CC(Nc1nc(N)ncc1C(=O)N(C)C)c1cc2cccc(Cl)c2c(=O)n1-c1ccccc1. The Hall–Kier alpha value is -3.91. The van der Waals surface area contributed by atoms with Gasteiger partial charge in [0, 0.05) is 31.7 Å². The number of para-hydroxylation sites is 1. The van der Waals surface area contributed by atoms with Crippen molar-refractivity contribution in [2.24, 2.45) is 0 Å². The van der Waals surface area contributed by atoms with Gasteiger partial charge in [-0.2, -0.15) is 4.98 Å². The van der Waals surface area contributed by atoms with Crippen LogP contribution < -0.4 is 16.6 Å². The molecule has 3 N–H and O–H groups in total. The zero-order valence-corrected chi connectivity index (χ0v) is 19.2. The van der Waals surface area contributed by atoms with Crippen LogP contribution in [0.15, 0.2) is 65.6 Å². The molecular formula is C24H23ClN6O2. The summed E-state index contributed by atoms with van der Waals surface area (Å²) in [5, 5.41) is 4.79. The fraction of sp³-hybridized carbons (Fsp3) is 0.167. The number of nitrogens with two attached hydrogens (primary N) is 1. The number of carbonyl (C=O) groups excluding carboxylic acids is 1. The molecule has 0 saturated heterocycles. The monoisotopic (exact) mass is 462 g/mol. The molecule has 2 heterocycles. The van der Waals surface area contributed by atoms with E-state index in [9.17, 15) is 9.59 Å². The molecule has 9 heteroatoms. The zero-order valence-electron chi connectivity index (χ0n) is 18.4. The normalized spacial score (nSPS) is 11.9. The Morgan fingerprint density at radius 3 is 2.58 bits per heavy atom. The van der Waals surface area contributed by atoms with Crippen LogP contribution in [0.5, 0.6) is 0 Å². The minimum atomic E-state index is -0.427. The van der Waals surface area contributed by atoms with Crippen molar-refractivity contribution in [2.45, 2.75) is 13.0 Å². The lowest BCUT2D eigenvalue weighted by Crippen LogP contribution is -2.27. The van der Waals surface area contributed by atoms with E-state index in [-0.39, 0.29) is 28.8 Å². The maximum absolute atomic E-state index is 13.6. The molecule has 0 radical (unpaired) electrons. The fourth-order valence-electron chi connectivity index (χ4n) is 3.68. The summed E-state index contributed by atoms with van der Waals surface area (Å²) in [6.07, 6.45) is 1.39. The van der Waals surface area contributed by atoms with Gasteiger partial charge >= 0.3 is 0 Å². The van der Waals surface area contributed by atoms with E-state index < -0.39 is 6.04 Å². The minimum absolute atomic E-state index is 0.0331. The lowest BCUT2D eigenvalue weighted by molar-refractivity contribution is 0.0827. The number of benzene rings is 2. The summed E-state index contributed by atoms with van der Waals surface area (Å²) in [4.78, 5) is 35.9. The lowest BCUT2D eigenvalue weighted by Gasteiger charge is -2.23. The second-order valence-electron chi connectivity index (χ2n) is 7.81. The number of nitrogens with zero attached hydrogens (tertiary/aromatic N) is 4. The van der Waals surface area contributed by atoms with Gasteiger partial charge in [0.25, 0.3) is 11.5 Å². The van der Waals surface area contributed by atoms with Crippen LogP contribution in [0.3, 0.4) is 0 Å². The number of rotatable bonds is 5. The Morgan fingerprint density at radius 2 is 1.88 bits per heavy atom. The first-order chi connectivity index (χ1) is 15.8. The van der Waals surface area contributed by atoms with Gasteiger partial charge in [-0.15, -0.1) is 0 Å². The van der Waals surface area contributed by atoms with E-state index in [4.69, 9.17) is 17.3 Å². The average Bonchev–Trinajstić information content (AvgIpc) is 2.79. The molecular weight excluding hydrogens is 440 g/mol. The first kappa shape index (κ1) is 22.3. The standard InChI is InChI=1S/C24H23ClN6O2/c1-14(28-21-17(22(32)30(2)3)13-27-24(26)29-21)19-12-15-8-7-11-18(25)20(15)23(33)31(19)16-9-5-4-6-10-16/h4-14H,1-3H3,(H3,26,27,28,29). The molecule has 1 atom stereocenters. The molecule has 0 aliphatic heterocycles. The molecule has 0 bridgehead atoms. The van der Waals surface area contributed by atoms with E-state index in [0.29, 0.717) is 21.8 Å². The molecule has 2 aromatic heterocycles. The Bertz CT molecular complexity index is 1400. The van der Waals surface area contributed by atoms with Gasteiger partial charge in [0.1, 0.15) is 11.4 Å². The van der Waals surface area contributed by atoms with Crippen LogP contribution in [-0.4, -0.2) is 39.4 Å². The van der Waals surface area contributed by atoms with E-state index >= 15 is 0 Å². The predicted octanol–water partition coefficient (Wildman–Crippen LogP) is 3.89. The Balaban J connectivity index is 1.90. The van der Waals surface area contributed by atoms with Crippen molar-refractivity contribution < 1.29 is 4.79 Å². The molecule has 8 nitrogen and oxygen atoms in total. The second kappa shape index (κ2) is 8.91. The van der Waals surface area contributed by atoms with Crippen LogP contribution >= 0.6 is 11.6 Å². The molecule has 168 valence electrons. The van der Waals surface area contributed by atoms with E-state index in [0.717, 1.165) is 5.39 Å². The average molecular weight is 463 g/mol. The van der Waals surface area contributed by atoms with Crippen molar-refractivity contribution in [1.82, 2.24) is 19.4 Å². The van der Waals surface area contributed by atoms with Crippen LogP contribution in [0.4, 0.5) is 11.8 Å². The van der Waals surface area contributed by atoms with Gasteiger partial charge in [0.2, 0.25) is 5.95 Å². The van der Waals surface area contributed by atoms with E-state index in [2.05, 4.69) is 15.3 Å². The summed E-state index contributed by atoms with van der Waals surface area (Å²) < 4.78 is 1.61. The maximum atomic E-state index is 13.6. The third-order valence-corrected chi connectivity index (χ3v) is 5.59. The van der Waals surface area contributed by atoms with Crippen molar-refractivity contribution in [3.8, 4) is 5.69 Å². The summed E-state index contributed by atoms with van der Waals surface area (Å²) >= 11 is 6.38. The van der Waals surface area contributed by atoms with Gasteiger partial charge in [-0.1, -0.05) is 41.9 Å². The third kappa shape index (κ3) is 4.25. The molecule has 33 heavy (non-hydrogen) atoms. The van der Waals surface area contributed by atoms with Gasteiger partial charge < -0.3 is 16.0 Å². The summed E-state index contributed by atoms with van der Waals surface area (Å²) in [5.41, 5.74) is 7.20. The minimum Gasteiger partial charge on any atom is -0.368 e. The topological polar surface area (TPSA) is 106 Å². The van der Waals surface area contributed by atoms with Gasteiger partial charge in [-0.25, -0.2) is 4.98 Å². The molecule has 1 amide bonds. The number of fused-ring (bicyclic) bond motifs is 1. The first-order valence-corrected chi connectivity index (χ1v) is 10.7. The number of carbonyl (C=O) groups is 1. The summed E-state index contributed by atoms with van der Waals surface area (Å²) in [7, 11) is 3.29. The Labute approximate surface area is 195 Å². The van der Waals surface area contributed by atoms with Crippen molar-refractivity contribution in [3.63, 3.8) is 0 Å². The van der Waals surface area contributed by atoms with Gasteiger partial charge in [0.05, 0.1) is 16.5 Å². The number of nitrogen functional groups attached to an aromatic ring is 1. The van der Waals surface area contributed by atoms with Crippen LogP contribution in [0.25, 0.3) is 16.5 Å². The van der Waals surface area contributed by atoms with Crippen LogP contribution in [0.2, 0.25) is 5.02 Å². The molecule has 0 aliphatic rings. The maximum Gasteiger partial charge on any atom is 0.264 e. The highest BCUT2D eigenvalue weighted by molar-refractivity contribution is 6.35. The number of hydrogen-bond donors (Lipinski definition) is 2. The third-order valence-electron chi connectivity index (χ3n) is 5.28. The summed E-state index contributed by atoms with van der Waals surface area (Å²) in [5.74, 6) is 0.0492. The van der Waals surface area contributed by atoms with E-state index in [1.807, 2.05) is 49.4 Å². The summed E-state index contributed by atoms with van der Waals surface area (Å²) in [6, 6.07) is 16.1. The fourth-order valence-corrected chi connectivity index (χ4v) is 3.95. The highest BCUT2D eigenvalue weighted by Gasteiger charge is 2.21. The van der Waals surface area contributed by atoms with Crippen LogP contribution in [0, 0.1) is 0 Å². The lowest BCUT2D eigenvalue weighted by atomic mass is 10.1. The number of amides is 1. The Morgan fingerprint density at radius 1 is 1.15 bits per heavy atom. The molecule has 0 aliphatic carbocycles. The quantitative estimate of drug-likeness (QED) is 0.466. The largest absolute Gasteiger partial charge is 0.368 e. The van der Waals surface area contributed by atoms with Crippen molar-refractivity contribution in [1.29, 1.82) is 0 Å². The molecule has 4 rings (SSSR count). The molecule has 1 unspecified atom stereocenters.